The topological polar surface area (TPSA) is 86.6 Å². The van der Waals surface area contributed by atoms with Gasteiger partial charge >= 0.3 is 227 Å². The van der Waals surface area contributed by atoms with E-state index in [4.69, 9.17) is 33.1 Å². The molecule has 1 aliphatic heterocycles. The summed E-state index contributed by atoms with van der Waals surface area (Å²) < 4.78 is 4.71. The number of hydrogen-bond acceptors (Lipinski definition) is 4. The molecule has 9 heteroatoms. The second-order valence-corrected chi connectivity index (χ2v) is 14.5. The quantitative estimate of drug-likeness (QED) is 0.433. The van der Waals surface area contributed by atoms with Crippen LogP contribution in [0.5, 0.6) is 11.5 Å². The third-order valence-corrected chi connectivity index (χ3v) is 8.92. The fourth-order valence-electron chi connectivity index (χ4n) is 4.96. The molecule has 1 saturated carbocycles. The first-order valence-electron chi connectivity index (χ1n) is 13.1. The van der Waals surface area contributed by atoms with Crippen molar-refractivity contribution in [3.8, 4) is 11.5 Å². The Morgan fingerprint density at radius 1 is 0.846 bits per heavy atom. The van der Waals surface area contributed by atoms with Crippen LogP contribution in [0.15, 0.2) is 24.3 Å². The average Bonchev–Trinajstić information content (AvgIpc) is 3.13. The van der Waals surface area contributed by atoms with Crippen molar-refractivity contribution in [2.24, 2.45) is 0 Å². The molecule has 213 valence electrons. The van der Waals surface area contributed by atoms with Crippen molar-refractivity contribution >= 4 is 41.6 Å². The molecular formula is C30H39Cl2MnN2O4+. The number of phenolic OH excluding ortho intramolecular Hbond substituents is 2. The summed E-state index contributed by atoms with van der Waals surface area (Å²) in [6.45, 7) is 13.5. The summed E-state index contributed by atoms with van der Waals surface area (Å²) in [7, 11) is 0. The number of carboxylic acids is 1. The molecule has 39 heavy (non-hydrogen) atoms. The maximum atomic E-state index is 11.1. The standard InChI is InChI=1S/C28H36Cl2N2O2.C2H4O2.Mn/c1-27(2,3)21-13-19(29)11-17(25(21)33)15-31-23-9-7-8-10-24(23)32-16-18-12-20(30)14-22(26(18)34)28(4,5)6;1-2(3)4;/h11-16,23-24,33-34H,7-10H2,1-6H3;1H3,(H,3,4);/q;;+2/p-1/t23-,24-;;/m1../s1. The Labute approximate surface area is 248 Å². The Balaban J connectivity index is 0.000000983. The number of halogens is 2. The second kappa shape index (κ2) is 12.2. The zero-order chi connectivity index (χ0) is 29.3. The summed E-state index contributed by atoms with van der Waals surface area (Å²) in [5.41, 5.74) is 2.77. The van der Waals surface area contributed by atoms with E-state index >= 15 is 0 Å². The van der Waals surface area contributed by atoms with Gasteiger partial charge in [-0.25, -0.2) is 0 Å². The fraction of sp³-hybridized carbons (Fsp3) is 0.500. The first-order valence-corrected chi connectivity index (χ1v) is 15.0. The third kappa shape index (κ3) is 7.79. The molecule has 0 amide bonds. The molecule has 0 aromatic heterocycles. The van der Waals surface area contributed by atoms with E-state index in [1.54, 1.807) is 0 Å². The molecule has 2 aromatic carbocycles. The van der Waals surface area contributed by atoms with Crippen LogP contribution >= 0.6 is 23.2 Å². The number of carbonyl (C=O) groups is 1. The minimum atomic E-state index is -1.08. The molecule has 4 rings (SSSR count). The van der Waals surface area contributed by atoms with Crippen molar-refractivity contribution in [3.63, 3.8) is 0 Å². The van der Waals surface area contributed by atoms with Crippen molar-refractivity contribution < 1.29 is 42.7 Å². The molecule has 1 heterocycles. The van der Waals surface area contributed by atoms with E-state index in [0.29, 0.717) is 49.0 Å². The van der Waals surface area contributed by atoms with Gasteiger partial charge in [-0.15, -0.1) is 0 Å². The van der Waals surface area contributed by atoms with Crippen LogP contribution in [0.3, 0.4) is 0 Å². The number of hydrogen-bond donors (Lipinski definition) is 2. The van der Waals surface area contributed by atoms with E-state index < -0.39 is 5.97 Å². The number of rotatable bonds is 2. The van der Waals surface area contributed by atoms with Crippen LogP contribution in [0.4, 0.5) is 0 Å². The van der Waals surface area contributed by atoms with Crippen LogP contribution < -0.4 is 5.11 Å². The molecule has 1 aliphatic carbocycles. The molecule has 0 spiro atoms. The Bertz CT molecular complexity index is 1210. The predicted molar refractivity (Wildman–Crippen MR) is 151 cm³/mol. The molecule has 2 aromatic rings. The maximum absolute atomic E-state index is 11.1. The molecule has 6 nitrogen and oxygen atoms in total. The van der Waals surface area contributed by atoms with Gasteiger partial charge in [-0.3, -0.25) is 0 Å². The van der Waals surface area contributed by atoms with Crippen LogP contribution in [0.2, 0.25) is 10.0 Å². The molecule has 2 N–H and O–H groups in total. The SMILES string of the molecule is CC(=O)[O-].CC(C)(C)c1cc(Cl)cc(C=[N+]2[Mn][N+](=Cc3cc(Cl)cc(C(C)(C)C)c3O)[C@@H]3CCCC[C@H]32)c1O. The summed E-state index contributed by atoms with van der Waals surface area (Å²) in [6, 6.07) is 8.11. The number of carboxylic acid groups (broad SMARTS) is 1. The van der Waals surface area contributed by atoms with Crippen LogP contribution in [0.25, 0.3) is 0 Å². The van der Waals surface area contributed by atoms with Gasteiger partial charge in [0.15, 0.2) is 0 Å². The Morgan fingerprint density at radius 2 is 1.18 bits per heavy atom. The van der Waals surface area contributed by atoms with E-state index in [-0.39, 0.29) is 10.8 Å². The van der Waals surface area contributed by atoms with Gasteiger partial charge < -0.3 is 9.90 Å². The van der Waals surface area contributed by atoms with Crippen molar-refractivity contribution in [1.29, 1.82) is 0 Å². The van der Waals surface area contributed by atoms with E-state index in [1.807, 2.05) is 24.3 Å². The molecule has 2 aliphatic rings. The van der Waals surface area contributed by atoms with Gasteiger partial charge in [0, 0.05) is 5.97 Å². The first-order chi connectivity index (χ1) is 18.0. The number of aromatic hydroxyl groups is 2. The van der Waals surface area contributed by atoms with Crippen LogP contribution in [0.1, 0.15) is 96.4 Å². The zero-order valence-electron chi connectivity index (χ0n) is 23.7. The van der Waals surface area contributed by atoms with E-state index in [9.17, 15) is 10.2 Å². The number of nitrogens with zero attached hydrogens (tertiary/aromatic N) is 2. The molecule has 0 bridgehead atoms. The zero-order valence-corrected chi connectivity index (χ0v) is 26.4. The monoisotopic (exact) mass is 616 g/mol. The van der Waals surface area contributed by atoms with Gasteiger partial charge in [0.25, 0.3) is 0 Å². The number of aliphatic carboxylic acids is 1. The molecular weight excluding hydrogens is 578 g/mol. The van der Waals surface area contributed by atoms with Gasteiger partial charge in [0.2, 0.25) is 0 Å². The normalized spacial score (nSPS) is 21.5. The van der Waals surface area contributed by atoms with Crippen molar-refractivity contribution in [3.05, 3.63) is 56.6 Å². The molecule has 1 saturated heterocycles. The second-order valence-electron chi connectivity index (χ2n) is 12.2. The minimum absolute atomic E-state index is 0.215. The van der Waals surface area contributed by atoms with Gasteiger partial charge in [0.05, 0.1) is 0 Å². The number of carbonyl (C=O) groups excluding carboxylic acids is 1. The summed E-state index contributed by atoms with van der Waals surface area (Å²) in [4.78, 5) is 8.89. The summed E-state index contributed by atoms with van der Waals surface area (Å²) in [5.74, 6) is -0.492. The first kappa shape index (κ1) is 31.5. The van der Waals surface area contributed by atoms with Crippen LogP contribution in [-0.4, -0.2) is 47.9 Å². The van der Waals surface area contributed by atoms with E-state index in [0.717, 1.165) is 42.0 Å². The fourth-order valence-corrected chi connectivity index (χ4v) is 7.26. The Hall–Kier alpha value is -2.05. The number of benzene rings is 2. The predicted octanol–water partition coefficient (Wildman–Crippen LogP) is 5.56. The van der Waals surface area contributed by atoms with Crippen LogP contribution in [0, 0.1) is 0 Å². The number of fused-ring (bicyclic) bond motifs is 1. The summed E-state index contributed by atoms with van der Waals surface area (Å²) >= 11 is 13.3. The Morgan fingerprint density at radius 3 is 1.49 bits per heavy atom. The summed E-state index contributed by atoms with van der Waals surface area (Å²) in [5, 5.41) is 32.3. The van der Waals surface area contributed by atoms with Gasteiger partial charge in [-0.05, 0) is 6.92 Å². The van der Waals surface area contributed by atoms with Crippen molar-refractivity contribution in [2.45, 2.75) is 97.1 Å². The van der Waals surface area contributed by atoms with Crippen molar-refractivity contribution in [1.82, 2.24) is 0 Å². The van der Waals surface area contributed by atoms with Gasteiger partial charge in [0.1, 0.15) is 0 Å². The number of phenols is 2. The van der Waals surface area contributed by atoms with E-state index in [2.05, 4.69) is 61.2 Å². The van der Waals surface area contributed by atoms with E-state index in [1.165, 1.54) is 12.8 Å². The van der Waals surface area contributed by atoms with Crippen LogP contribution in [-0.2, 0) is 31.0 Å². The van der Waals surface area contributed by atoms with Gasteiger partial charge in [-0.1, -0.05) is 0 Å². The molecule has 0 unspecified atom stereocenters. The molecule has 0 radical (unpaired) electrons. The third-order valence-electron chi connectivity index (χ3n) is 6.85. The average molecular weight is 617 g/mol. The summed E-state index contributed by atoms with van der Waals surface area (Å²) in [6.07, 6.45) is 8.73. The van der Waals surface area contributed by atoms with Crippen molar-refractivity contribution in [2.75, 3.05) is 0 Å². The molecule has 2 fully saturated rings. The van der Waals surface area contributed by atoms with Gasteiger partial charge in [-0.2, -0.15) is 0 Å². The Kier molecular flexibility index (Phi) is 9.86. The molecule has 2 atom stereocenters.